The predicted molar refractivity (Wildman–Crippen MR) is 75.9 cm³/mol. The molecule has 0 aliphatic heterocycles. The Hall–Kier alpha value is -1.82. The van der Waals surface area contributed by atoms with E-state index in [2.05, 4.69) is 5.10 Å². The molecule has 2 rings (SSSR count). The molecule has 1 aromatic carbocycles. The number of hydrogen-bond donors (Lipinski definition) is 0. The minimum Gasteiger partial charge on any atom is -0.493 e. The summed E-state index contributed by atoms with van der Waals surface area (Å²) < 4.78 is 20.2. The number of methoxy groups -OCH3 is 1. The van der Waals surface area contributed by atoms with Crippen LogP contribution in [-0.4, -0.2) is 28.4 Å². The molecule has 0 fully saturated rings. The van der Waals surface area contributed by atoms with Gasteiger partial charge in [0, 0.05) is 11.4 Å². The van der Waals surface area contributed by atoms with Crippen molar-refractivity contribution < 1.29 is 13.9 Å². The van der Waals surface area contributed by atoms with Crippen molar-refractivity contribution in [2.24, 2.45) is 0 Å². The lowest BCUT2D eigenvalue weighted by molar-refractivity contribution is 0.100. The van der Waals surface area contributed by atoms with E-state index in [-0.39, 0.29) is 17.4 Å². The Kier molecular flexibility index (Phi) is 4.79. The molecule has 1 heterocycles. The van der Waals surface area contributed by atoms with Gasteiger partial charge in [0.2, 0.25) is 0 Å². The van der Waals surface area contributed by atoms with Crippen molar-refractivity contribution in [3.8, 4) is 5.75 Å². The first kappa shape index (κ1) is 14.6. The monoisotopic (exact) mass is 294 g/mol. The molecule has 4 nitrogen and oxygen atoms in total. The fourth-order valence-corrected chi connectivity index (χ4v) is 2.62. The van der Waals surface area contributed by atoms with E-state index in [0.29, 0.717) is 22.9 Å². The number of rotatable bonds is 6. The summed E-state index contributed by atoms with van der Waals surface area (Å²) in [6.07, 6.45) is 1.52. The standard InChI is InChI=1S/C14H15FN2O2S/c1-3-17-14(12(19-2)8-16-17)11(18)9-20-13-7-5-4-6-10(13)15/h4-8H,3,9H2,1-2H3. The SMILES string of the molecule is CCn1ncc(OC)c1C(=O)CSc1ccccc1F. The van der Waals surface area contributed by atoms with Gasteiger partial charge >= 0.3 is 0 Å². The van der Waals surface area contributed by atoms with Crippen LogP contribution in [0.15, 0.2) is 35.4 Å². The van der Waals surface area contributed by atoms with Gasteiger partial charge in [-0.15, -0.1) is 11.8 Å². The van der Waals surface area contributed by atoms with Gasteiger partial charge in [-0.25, -0.2) is 4.39 Å². The minimum atomic E-state index is -0.318. The molecule has 2 aromatic rings. The van der Waals surface area contributed by atoms with E-state index in [4.69, 9.17) is 4.74 Å². The maximum atomic E-state index is 13.5. The zero-order valence-corrected chi connectivity index (χ0v) is 12.1. The molecular weight excluding hydrogens is 279 g/mol. The van der Waals surface area contributed by atoms with Crippen molar-refractivity contribution in [3.63, 3.8) is 0 Å². The van der Waals surface area contributed by atoms with Gasteiger partial charge in [-0.1, -0.05) is 12.1 Å². The predicted octanol–water partition coefficient (Wildman–Crippen LogP) is 3.03. The van der Waals surface area contributed by atoms with E-state index in [0.717, 1.165) is 0 Å². The van der Waals surface area contributed by atoms with Crippen LogP contribution in [0.5, 0.6) is 5.75 Å². The minimum absolute atomic E-state index is 0.130. The van der Waals surface area contributed by atoms with Gasteiger partial charge in [0.1, 0.15) is 11.5 Å². The van der Waals surface area contributed by atoms with E-state index in [1.54, 1.807) is 22.9 Å². The average molecular weight is 294 g/mol. The number of nitrogens with zero attached hydrogens (tertiary/aromatic N) is 2. The normalized spacial score (nSPS) is 10.6. The Bertz CT molecular complexity index is 591. The smallest absolute Gasteiger partial charge is 0.194 e. The number of aryl methyl sites for hydroxylation is 1. The Morgan fingerprint density at radius 3 is 2.85 bits per heavy atom. The highest BCUT2D eigenvalue weighted by molar-refractivity contribution is 8.00. The van der Waals surface area contributed by atoms with Gasteiger partial charge in [-0.05, 0) is 19.1 Å². The molecular formula is C14H15FN2O2S. The molecule has 0 radical (unpaired) electrons. The summed E-state index contributed by atoms with van der Waals surface area (Å²) in [5.41, 5.74) is 0.429. The highest BCUT2D eigenvalue weighted by Crippen LogP contribution is 2.25. The molecule has 0 N–H and O–H groups in total. The van der Waals surface area contributed by atoms with Crippen LogP contribution in [0.25, 0.3) is 0 Å². The number of ketones is 1. The summed E-state index contributed by atoms with van der Waals surface area (Å²) in [4.78, 5) is 12.7. The van der Waals surface area contributed by atoms with E-state index in [1.807, 2.05) is 6.92 Å². The second-order valence-electron chi connectivity index (χ2n) is 4.02. The zero-order chi connectivity index (χ0) is 14.5. The van der Waals surface area contributed by atoms with Crippen molar-refractivity contribution >= 4 is 17.5 Å². The Morgan fingerprint density at radius 2 is 2.20 bits per heavy atom. The molecule has 0 aliphatic carbocycles. The fourth-order valence-electron chi connectivity index (χ4n) is 1.81. The van der Waals surface area contributed by atoms with Crippen LogP contribution >= 0.6 is 11.8 Å². The summed E-state index contributed by atoms with van der Waals surface area (Å²) in [7, 11) is 1.50. The third-order valence-electron chi connectivity index (χ3n) is 2.78. The van der Waals surface area contributed by atoms with Crippen LogP contribution in [0.2, 0.25) is 0 Å². The van der Waals surface area contributed by atoms with E-state index in [1.165, 1.54) is 31.1 Å². The van der Waals surface area contributed by atoms with E-state index >= 15 is 0 Å². The van der Waals surface area contributed by atoms with Crippen molar-refractivity contribution in [2.75, 3.05) is 12.9 Å². The molecule has 0 atom stereocenters. The Labute approximate surface area is 120 Å². The number of benzene rings is 1. The number of ether oxygens (including phenoxy) is 1. The number of aromatic nitrogens is 2. The molecule has 0 spiro atoms. The number of hydrogen-bond acceptors (Lipinski definition) is 4. The van der Waals surface area contributed by atoms with Gasteiger partial charge in [-0.2, -0.15) is 5.10 Å². The maximum Gasteiger partial charge on any atom is 0.194 e. The van der Waals surface area contributed by atoms with Crippen LogP contribution in [0.4, 0.5) is 4.39 Å². The molecule has 106 valence electrons. The summed E-state index contributed by atoms with van der Waals surface area (Å²) >= 11 is 1.17. The van der Waals surface area contributed by atoms with Gasteiger partial charge in [0.25, 0.3) is 0 Å². The largest absolute Gasteiger partial charge is 0.493 e. The summed E-state index contributed by atoms with van der Waals surface area (Å²) in [5, 5.41) is 4.09. The first-order valence-corrected chi connectivity index (χ1v) is 7.16. The lowest BCUT2D eigenvalue weighted by Gasteiger charge is -2.06. The Morgan fingerprint density at radius 1 is 1.45 bits per heavy atom. The number of halogens is 1. The van der Waals surface area contributed by atoms with Crippen LogP contribution in [0.3, 0.4) is 0 Å². The molecule has 0 saturated heterocycles. The number of carbonyl (C=O) groups is 1. The maximum absolute atomic E-state index is 13.5. The summed E-state index contributed by atoms with van der Waals surface area (Å²) in [6, 6.07) is 6.40. The molecule has 0 aliphatic rings. The zero-order valence-electron chi connectivity index (χ0n) is 11.3. The molecule has 20 heavy (non-hydrogen) atoms. The lowest BCUT2D eigenvalue weighted by atomic mass is 10.3. The number of Topliss-reactive ketones (excluding diaryl/α,β-unsaturated/α-hetero) is 1. The molecule has 0 unspecified atom stereocenters. The number of carbonyl (C=O) groups excluding carboxylic acids is 1. The second-order valence-corrected chi connectivity index (χ2v) is 5.04. The number of thioether (sulfide) groups is 1. The van der Waals surface area contributed by atoms with Crippen LogP contribution in [0.1, 0.15) is 17.4 Å². The fraction of sp³-hybridized carbons (Fsp3) is 0.286. The van der Waals surface area contributed by atoms with Gasteiger partial charge < -0.3 is 4.74 Å². The molecule has 0 amide bonds. The lowest BCUT2D eigenvalue weighted by Crippen LogP contribution is -2.12. The topological polar surface area (TPSA) is 44.1 Å². The van der Waals surface area contributed by atoms with Crippen LogP contribution in [-0.2, 0) is 6.54 Å². The van der Waals surface area contributed by atoms with Crippen molar-refractivity contribution in [2.45, 2.75) is 18.4 Å². The van der Waals surface area contributed by atoms with Crippen LogP contribution in [0, 0.1) is 5.82 Å². The highest BCUT2D eigenvalue weighted by Gasteiger charge is 2.19. The third kappa shape index (κ3) is 3.01. The average Bonchev–Trinajstić information content (AvgIpc) is 2.89. The first-order valence-electron chi connectivity index (χ1n) is 6.17. The molecule has 6 heteroatoms. The Balaban J connectivity index is 2.13. The summed E-state index contributed by atoms with van der Waals surface area (Å²) in [5.74, 6) is 0.143. The molecule has 0 bridgehead atoms. The summed E-state index contributed by atoms with van der Waals surface area (Å²) in [6.45, 7) is 2.47. The van der Waals surface area contributed by atoms with Gasteiger partial charge in [0.15, 0.2) is 11.5 Å². The van der Waals surface area contributed by atoms with Gasteiger partial charge in [-0.3, -0.25) is 9.48 Å². The van der Waals surface area contributed by atoms with E-state index < -0.39 is 0 Å². The van der Waals surface area contributed by atoms with Gasteiger partial charge in [0.05, 0.1) is 19.1 Å². The molecule has 0 saturated carbocycles. The van der Waals surface area contributed by atoms with E-state index in [9.17, 15) is 9.18 Å². The third-order valence-corrected chi connectivity index (χ3v) is 3.83. The highest BCUT2D eigenvalue weighted by atomic mass is 32.2. The van der Waals surface area contributed by atoms with Crippen LogP contribution < -0.4 is 4.74 Å². The quantitative estimate of drug-likeness (QED) is 0.607. The molecule has 1 aromatic heterocycles. The second kappa shape index (κ2) is 6.56. The first-order chi connectivity index (χ1) is 9.67. The van der Waals surface area contributed by atoms with Crippen molar-refractivity contribution in [3.05, 3.63) is 42.0 Å². The van der Waals surface area contributed by atoms with Crippen molar-refractivity contribution in [1.29, 1.82) is 0 Å². The van der Waals surface area contributed by atoms with Crippen molar-refractivity contribution in [1.82, 2.24) is 9.78 Å².